The maximum Gasteiger partial charge on any atom is 0.343 e. The van der Waals surface area contributed by atoms with Crippen LogP contribution >= 0.6 is 0 Å². The first-order chi connectivity index (χ1) is 11.9. The normalized spacial score (nSPS) is 10.3. The van der Waals surface area contributed by atoms with Crippen LogP contribution in [0.5, 0.6) is 17.2 Å². The summed E-state index contributed by atoms with van der Waals surface area (Å²) in [5.74, 6) is 0.643. The number of benzene rings is 2. The third-order valence-corrected chi connectivity index (χ3v) is 3.45. The van der Waals surface area contributed by atoms with Crippen LogP contribution in [-0.4, -0.2) is 26.1 Å². The third-order valence-electron chi connectivity index (χ3n) is 3.45. The monoisotopic (exact) mass is 343 g/mol. The molecule has 2 aromatic rings. The van der Waals surface area contributed by atoms with E-state index in [2.05, 4.69) is 5.32 Å². The Hall–Kier alpha value is -3.02. The predicted molar refractivity (Wildman–Crippen MR) is 94.4 cm³/mol. The lowest BCUT2D eigenvalue weighted by Gasteiger charge is -2.10. The highest BCUT2D eigenvalue weighted by Gasteiger charge is 2.12. The van der Waals surface area contributed by atoms with Gasteiger partial charge in [-0.1, -0.05) is 13.8 Å². The van der Waals surface area contributed by atoms with Gasteiger partial charge in [-0.2, -0.15) is 0 Å². The van der Waals surface area contributed by atoms with Gasteiger partial charge in [0.15, 0.2) is 0 Å². The zero-order valence-corrected chi connectivity index (χ0v) is 14.7. The topological polar surface area (TPSA) is 73.9 Å². The molecule has 1 amide bonds. The molecule has 2 rings (SSSR count). The number of esters is 1. The Morgan fingerprint density at radius 2 is 1.40 bits per heavy atom. The second-order valence-electron chi connectivity index (χ2n) is 5.66. The zero-order chi connectivity index (χ0) is 18.4. The molecule has 0 bridgehead atoms. The van der Waals surface area contributed by atoms with Gasteiger partial charge in [0.25, 0.3) is 0 Å². The van der Waals surface area contributed by atoms with Gasteiger partial charge in [-0.05, 0) is 24.3 Å². The molecule has 6 heteroatoms. The summed E-state index contributed by atoms with van der Waals surface area (Å²) in [4.78, 5) is 23.9. The fraction of sp³-hybridized carbons (Fsp3) is 0.263. The van der Waals surface area contributed by atoms with Crippen LogP contribution in [0.4, 0.5) is 5.69 Å². The van der Waals surface area contributed by atoms with Gasteiger partial charge in [0, 0.05) is 29.8 Å². The lowest BCUT2D eigenvalue weighted by molar-refractivity contribution is -0.118. The maximum atomic E-state index is 12.3. The largest absolute Gasteiger partial charge is 0.496 e. The van der Waals surface area contributed by atoms with Gasteiger partial charge in [0.05, 0.1) is 19.8 Å². The van der Waals surface area contributed by atoms with Crippen LogP contribution in [0.2, 0.25) is 0 Å². The molecule has 0 aromatic heterocycles. The summed E-state index contributed by atoms with van der Waals surface area (Å²) in [6.07, 6.45) is 0. The Labute approximate surface area is 146 Å². The molecule has 0 heterocycles. The van der Waals surface area contributed by atoms with E-state index in [4.69, 9.17) is 14.2 Å². The van der Waals surface area contributed by atoms with E-state index < -0.39 is 5.97 Å². The number of carbonyl (C=O) groups is 2. The number of hydrogen-bond acceptors (Lipinski definition) is 5. The van der Waals surface area contributed by atoms with E-state index in [-0.39, 0.29) is 11.8 Å². The van der Waals surface area contributed by atoms with Crippen LogP contribution in [0.15, 0.2) is 42.5 Å². The van der Waals surface area contributed by atoms with Crippen LogP contribution in [0.1, 0.15) is 24.2 Å². The fourth-order valence-corrected chi connectivity index (χ4v) is 1.98. The molecule has 0 saturated heterocycles. The summed E-state index contributed by atoms with van der Waals surface area (Å²) in [6.45, 7) is 3.62. The smallest absolute Gasteiger partial charge is 0.343 e. The van der Waals surface area contributed by atoms with Crippen molar-refractivity contribution in [3.8, 4) is 17.2 Å². The molecule has 6 nitrogen and oxygen atoms in total. The number of anilines is 1. The molecular formula is C19H21NO5. The van der Waals surface area contributed by atoms with Crippen molar-refractivity contribution >= 4 is 17.6 Å². The molecule has 0 spiro atoms. The molecular weight excluding hydrogens is 322 g/mol. The molecule has 0 fully saturated rings. The Bertz CT molecular complexity index is 731. The number of ether oxygens (including phenoxy) is 3. The molecule has 0 aliphatic heterocycles. The molecule has 0 radical (unpaired) electrons. The van der Waals surface area contributed by atoms with Gasteiger partial charge in [-0.15, -0.1) is 0 Å². The van der Waals surface area contributed by atoms with E-state index in [0.29, 0.717) is 28.5 Å². The highest BCUT2D eigenvalue weighted by atomic mass is 16.5. The molecule has 2 aromatic carbocycles. The SMILES string of the molecule is COc1cc(OC)cc(OC(=O)c2ccc(NC(=O)C(C)C)cc2)c1. The van der Waals surface area contributed by atoms with Crippen LogP contribution in [0, 0.1) is 5.92 Å². The van der Waals surface area contributed by atoms with E-state index in [1.54, 1.807) is 42.5 Å². The maximum absolute atomic E-state index is 12.3. The quantitative estimate of drug-likeness (QED) is 0.642. The van der Waals surface area contributed by atoms with Crippen LogP contribution in [-0.2, 0) is 4.79 Å². The van der Waals surface area contributed by atoms with E-state index in [0.717, 1.165) is 0 Å². The molecule has 0 aliphatic rings. The molecule has 25 heavy (non-hydrogen) atoms. The number of rotatable bonds is 6. The minimum atomic E-state index is -0.517. The van der Waals surface area contributed by atoms with Crippen molar-refractivity contribution in [3.63, 3.8) is 0 Å². The van der Waals surface area contributed by atoms with Crippen molar-refractivity contribution < 1.29 is 23.8 Å². The van der Waals surface area contributed by atoms with Crippen molar-refractivity contribution in [1.29, 1.82) is 0 Å². The number of nitrogens with one attached hydrogen (secondary N) is 1. The minimum Gasteiger partial charge on any atom is -0.496 e. The Balaban J connectivity index is 2.09. The first-order valence-electron chi connectivity index (χ1n) is 7.79. The summed E-state index contributed by atoms with van der Waals surface area (Å²) < 4.78 is 15.6. The fourth-order valence-electron chi connectivity index (χ4n) is 1.98. The summed E-state index contributed by atoms with van der Waals surface area (Å²) in [7, 11) is 3.04. The van der Waals surface area contributed by atoms with Crippen molar-refractivity contribution in [2.24, 2.45) is 5.92 Å². The summed E-state index contributed by atoms with van der Waals surface area (Å²) in [6, 6.07) is 11.4. The molecule has 0 aliphatic carbocycles. The average molecular weight is 343 g/mol. The van der Waals surface area contributed by atoms with E-state index in [9.17, 15) is 9.59 Å². The van der Waals surface area contributed by atoms with Crippen LogP contribution in [0.25, 0.3) is 0 Å². The highest BCUT2D eigenvalue weighted by Crippen LogP contribution is 2.28. The highest BCUT2D eigenvalue weighted by molar-refractivity contribution is 5.94. The predicted octanol–water partition coefficient (Wildman–Crippen LogP) is 3.52. The lowest BCUT2D eigenvalue weighted by atomic mass is 10.1. The van der Waals surface area contributed by atoms with Crippen LogP contribution < -0.4 is 19.5 Å². The molecule has 0 unspecified atom stereocenters. The number of methoxy groups -OCH3 is 2. The van der Waals surface area contributed by atoms with Gasteiger partial charge in [-0.25, -0.2) is 4.79 Å². The van der Waals surface area contributed by atoms with Crippen LogP contribution in [0.3, 0.4) is 0 Å². The number of carbonyl (C=O) groups excluding carboxylic acids is 2. The van der Waals surface area contributed by atoms with Gasteiger partial charge >= 0.3 is 5.97 Å². The number of hydrogen-bond donors (Lipinski definition) is 1. The summed E-state index contributed by atoms with van der Waals surface area (Å²) >= 11 is 0. The van der Waals surface area contributed by atoms with Crippen molar-refractivity contribution in [3.05, 3.63) is 48.0 Å². The Morgan fingerprint density at radius 3 is 1.88 bits per heavy atom. The van der Waals surface area contributed by atoms with E-state index >= 15 is 0 Å². The average Bonchev–Trinajstić information content (AvgIpc) is 2.61. The Kier molecular flexibility index (Phi) is 6.00. The third kappa shape index (κ3) is 4.97. The van der Waals surface area contributed by atoms with Crippen molar-refractivity contribution in [2.75, 3.05) is 19.5 Å². The molecule has 132 valence electrons. The minimum absolute atomic E-state index is 0.0844. The lowest BCUT2D eigenvalue weighted by Crippen LogP contribution is -2.17. The first kappa shape index (κ1) is 18.3. The first-order valence-corrected chi connectivity index (χ1v) is 7.79. The van der Waals surface area contributed by atoms with E-state index in [1.165, 1.54) is 14.2 Å². The van der Waals surface area contributed by atoms with Gasteiger partial charge in [0.1, 0.15) is 17.2 Å². The summed E-state index contributed by atoms with van der Waals surface area (Å²) in [5, 5.41) is 2.76. The standard InChI is InChI=1S/C19H21NO5/c1-12(2)18(21)20-14-7-5-13(6-8-14)19(22)25-17-10-15(23-3)9-16(11-17)24-4/h5-12H,1-4H3,(H,20,21). The Morgan fingerprint density at radius 1 is 0.880 bits per heavy atom. The van der Waals surface area contributed by atoms with Crippen molar-refractivity contribution in [2.45, 2.75) is 13.8 Å². The van der Waals surface area contributed by atoms with Gasteiger partial charge in [-0.3, -0.25) is 4.79 Å². The van der Waals surface area contributed by atoms with Gasteiger partial charge in [0.2, 0.25) is 5.91 Å². The summed E-state index contributed by atoms with van der Waals surface area (Å²) in [5.41, 5.74) is 0.989. The second kappa shape index (κ2) is 8.19. The molecule has 1 N–H and O–H groups in total. The molecule has 0 saturated carbocycles. The van der Waals surface area contributed by atoms with Crippen molar-refractivity contribution in [1.82, 2.24) is 0 Å². The zero-order valence-electron chi connectivity index (χ0n) is 14.7. The van der Waals surface area contributed by atoms with Gasteiger partial charge < -0.3 is 19.5 Å². The number of amides is 1. The van der Waals surface area contributed by atoms with E-state index in [1.807, 2.05) is 13.8 Å². The second-order valence-corrected chi connectivity index (χ2v) is 5.66. The molecule has 0 atom stereocenters.